The standard InChI is InChI=1S/C18H21NO/c1-17(2,3)16(20)19-18(10-11-18)15-9-8-13-6-4-5-7-14(13)12-15/h4-9,12H,10-11H2,1-3H3,(H,19,20). The first-order valence-electron chi connectivity index (χ1n) is 7.23. The topological polar surface area (TPSA) is 29.1 Å². The average molecular weight is 267 g/mol. The normalized spacial score (nSPS) is 16.9. The Morgan fingerprint density at radius 3 is 2.30 bits per heavy atom. The van der Waals surface area contributed by atoms with Crippen LogP contribution in [-0.4, -0.2) is 5.91 Å². The molecule has 0 aromatic heterocycles. The van der Waals surface area contributed by atoms with E-state index in [4.69, 9.17) is 0 Å². The fraction of sp³-hybridized carbons (Fsp3) is 0.389. The predicted molar refractivity (Wildman–Crippen MR) is 82.5 cm³/mol. The number of carbonyl (C=O) groups excluding carboxylic acids is 1. The largest absolute Gasteiger partial charge is 0.346 e. The molecular formula is C18H21NO. The minimum atomic E-state index is -0.341. The van der Waals surface area contributed by atoms with Crippen molar-refractivity contribution < 1.29 is 4.79 Å². The molecule has 0 aliphatic heterocycles. The molecule has 2 heteroatoms. The lowest BCUT2D eigenvalue weighted by atomic mass is 9.93. The molecule has 1 N–H and O–H groups in total. The van der Waals surface area contributed by atoms with Crippen LogP contribution in [0.4, 0.5) is 0 Å². The van der Waals surface area contributed by atoms with E-state index in [1.165, 1.54) is 16.3 Å². The summed E-state index contributed by atoms with van der Waals surface area (Å²) in [4.78, 5) is 12.2. The summed E-state index contributed by atoms with van der Waals surface area (Å²) in [5.41, 5.74) is 0.759. The molecule has 0 saturated heterocycles. The smallest absolute Gasteiger partial charge is 0.226 e. The molecule has 0 heterocycles. The Balaban J connectivity index is 1.92. The quantitative estimate of drug-likeness (QED) is 0.875. The van der Waals surface area contributed by atoms with Gasteiger partial charge in [0.2, 0.25) is 5.91 Å². The first-order valence-corrected chi connectivity index (χ1v) is 7.23. The van der Waals surface area contributed by atoms with E-state index in [0.717, 1.165) is 12.8 Å². The molecular weight excluding hydrogens is 246 g/mol. The van der Waals surface area contributed by atoms with Crippen LogP contribution in [0.3, 0.4) is 0 Å². The lowest BCUT2D eigenvalue weighted by molar-refractivity contribution is -0.129. The van der Waals surface area contributed by atoms with Gasteiger partial charge < -0.3 is 5.32 Å². The number of hydrogen-bond acceptors (Lipinski definition) is 1. The second-order valence-corrected chi connectivity index (χ2v) is 6.85. The van der Waals surface area contributed by atoms with Crippen molar-refractivity contribution in [3.63, 3.8) is 0 Å². The highest BCUT2D eigenvalue weighted by Crippen LogP contribution is 2.46. The van der Waals surface area contributed by atoms with Gasteiger partial charge in [-0.2, -0.15) is 0 Å². The van der Waals surface area contributed by atoms with Gasteiger partial charge in [0.15, 0.2) is 0 Å². The van der Waals surface area contributed by atoms with Crippen LogP contribution in [0.2, 0.25) is 0 Å². The SMILES string of the molecule is CC(C)(C)C(=O)NC1(c2ccc3ccccc3c2)CC1. The summed E-state index contributed by atoms with van der Waals surface area (Å²) in [6, 6.07) is 14.9. The van der Waals surface area contributed by atoms with Crippen molar-refractivity contribution in [3.05, 3.63) is 48.0 Å². The van der Waals surface area contributed by atoms with E-state index in [1.54, 1.807) is 0 Å². The van der Waals surface area contributed by atoms with Gasteiger partial charge in [-0.15, -0.1) is 0 Å². The van der Waals surface area contributed by atoms with Gasteiger partial charge in [0.25, 0.3) is 0 Å². The number of fused-ring (bicyclic) bond motifs is 1. The Hall–Kier alpha value is -1.83. The predicted octanol–water partition coefficient (Wildman–Crippen LogP) is 3.99. The molecule has 104 valence electrons. The van der Waals surface area contributed by atoms with Crippen LogP contribution in [0.15, 0.2) is 42.5 Å². The van der Waals surface area contributed by atoms with Gasteiger partial charge in [0.05, 0.1) is 5.54 Å². The Morgan fingerprint density at radius 1 is 1.05 bits per heavy atom. The summed E-state index contributed by atoms with van der Waals surface area (Å²) in [5, 5.41) is 5.73. The lowest BCUT2D eigenvalue weighted by Crippen LogP contribution is -2.41. The molecule has 20 heavy (non-hydrogen) atoms. The molecule has 1 aliphatic carbocycles. The fourth-order valence-electron chi connectivity index (χ4n) is 2.50. The van der Waals surface area contributed by atoms with E-state index in [9.17, 15) is 4.79 Å². The third kappa shape index (κ3) is 2.31. The molecule has 0 spiro atoms. The molecule has 1 amide bonds. The number of carbonyl (C=O) groups is 1. The van der Waals surface area contributed by atoms with E-state index in [-0.39, 0.29) is 16.9 Å². The van der Waals surface area contributed by atoms with Gasteiger partial charge in [0, 0.05) is 5.41 Å². The van der Waals surface area contributed by atoms with Gasteiger partial charge in [-0.1, -0.05) is 57.2 Å². The van der Waals surface area contributed by atoms with Crippen molar-refractivity contribution in [2.75, 3.05) is 0 Å². The Kier molecular flexibility index (Phi) is 2.86. The molecule has 1 fully saturated rings. The van der Waals surface area contributed by atoms with Crippen LogP contribution < -0.4 is 5.32 Å². The number of rotatable bonds is 2. The van der Waals surface area contributed by atoms with Crippen LogP contribution in [-0.2, 0) is 10.3 Å². The zero-order chi connectivity index (χ0) is 14.4. The average Bonchev–Trinajstić information content (AvgIpc) is 3.18. The fourth-order valence-corrected chi connectivity index (χ4v) is 2.50. The van der Waals surface area contributed by atoms with Gasteiger partial charge in [-0.25, -0.2) is 0 Å². The zero-order valence-corrected chi connectivity index (χ0v) is 12.4. The van der Waals surface area contributed by atoms with E-state index in [2.05, 4.69) is 47.8 Å². The van der Waals surface area contributed by atoms with Crippen LogP contribution in [0.5, 0.6) is 0 Å². The molecule has 2 nitrogen and oxygen atoms in total. The third-order valence-corrected chi connectivity index (χ3v) is 4.09. The molecule has 2 aromatic carbocycles. The van der Waals surface area contributed by atoms with E-state index in [0.29, 0.717) is 0 Å². The molecule has 1 aliphatic rings. The number of nitrogens with one attached hydrogen (secondary N) is 1. The van der Waals surface area contributed by atoms with E-state index >= 15 is 0 Å². The third-order valence-electron chi connectivity index (χ3n) is 4.09. The summed E-state index contributed by atoms with van der Waals surface area (Å²) in [6.07, 6.45) is 2.07. The molecule has 3 rings (SSSR count). The summed E-state index contributed by atoms with van der Waals surface area (Å²) in [6.45, 7) is 5.87. The van der Waals surface area contributed by atoms with E-state index in [1.807, 2.05) is 20.8 Å². The first-order chi connectivity index (χ1) is 9.41. The zero-order valence-electron chi connectivity index (χ0n) is 12.4. The van der Waals surface area contributed by atoms with Crippen LogP contribution >= 0.6 is 0 Å². The van der Waals surface area contributed by atoms with Gasteiger partial charge >= 0.3 is 0 Å². The Morgan fingerprint density at radius 2 is 1.70 bits per heavy atom. The Bertz CT molecular complexity index is 662. The second-order valence-electron chi connectivity index (χ2n) is 6.85. The van der Waals surface area contributed by atoms with Gasteiger partial charge in [0.1, 0.15) is 0 Å². The highest BCUT2D eigenvalue weighted by atomic mass is 16.2. The maximum Gasteiger partial charge on any atom is 0.226 e. The van der Waals surface area contributed by atoms with Crippen molar-refractivity contribution in [1.82, 2.24) is 5.32 Å². The maximum atomic E-state index is 12.2. The summed E-state index contributed by atoms with van der Waals surface area (Å²) < 4.78 is 0. The number of hydrogen-bond donors (Lipinski definition) is 1. The summed E-state index contributed by atoms with van der Waals surface area (Å²) in [5.74, 6) is 0.128. The van der Waals surface area contributed by atoms with E-state index < -0.39 is 0 Å². The number of amides is 1. The highest BCUT2D eigenvalue weighted by molar-refractivity contribution is 5.85. The molecule has 2 aromatic rings. The van der Waals surface area contributed by atoms with Crippen molar-refractivity contribution in [2.24, 2.45) is 5.41 Å². The van der Waals surface area contributed by atoms with Crippen molar-refractivity contribution in [1.29, 1.82) is 0 Å². The molecule has 0 unspecified atom stereocenters. The monoisotopic (exact) mass is 267 g/mol. The van der Waals surface area contributed by atoms with Crippen LogP contribution in [0, 0.1) is 5.41 Å². The lowest BCUT2D eigenvalue weighted by Gasteiger charge is -2.24. The summed E-state index contributed by atoms with van der Waals surface area (Å²) in [7, 11) is 0. The maximum absolute atomic E-state index is 12.2. The molecule has 0 atom stereocenters. The molecule has 1 saturated carbocycles. The Labute approximate surface area is 120 Å². The minimum absolute atomic E-state index is 0.128. The summed E-state index contributed by atoms with van der Waals surface area (Å²) >= 11 is 0. The van der Waals surface area contributed by atoms with Crippen molar-refractivity contribution in [3.8, 4) is 0 Å². The van der Waals surface area contributed by atoms with Gasteiger partial charge in [-0.3, -0.25) is 4.79 Å². The second kappa shape index (κ2) is 4.34. The molecule has 0 radical (unpaired) electrons. The van der Waals surface area contributed by atoms with Gasteiger partial charge in [-0.05, 0) is 35.2 Å². The van der Waals surface area contributed by atoms with Crippen molar-refractivity contribution >= 4 is 16.7 Å². The van der Waals surface area contributed by atoms with Crippen LogP contribution in [0.25, 0.3) is 10.8 Å². The van der Waals surface area contributed by atoms with Crippen LogP contribution in [0.1, 0.15) is 39.2 Å². The molecule has 0 bridgehead atoms. The van der Waals surface area contributed by atoms with Crippen molar-refractivity contribution in [2.45, 2.75) is 39.2 Å². The first kappa shape index (κ1) is 13.2. The number of benzene rings is 2. The minimum Gasteiger partial charge on any atom is -0.346 e. The highest BCUT2D eigenvalue weighted by Gasteiger charge is 2.46.